The predicted molar refractivity (Wildman–Crippen MR) is 87.6 cm³/mol. The minimum atomic E-state index is 0.282. The average molecular weight is 377 g/mol. The van der Waals surface area contributed by atoms with Gasteiger partial charge < -0.3 is 11.1 Å². The van der Waals surface area contributed by atoms with E-state index in [9.17, 15) is 0 Å². The zero-order chi connectivity index (χ0) is 14.0. The van der Waals surface area contributed by atoms with Gasteiger partial charge in [-0.05, 0) is 34.1 Å². The number of nitrogens with two attached hydrogens (primary N) is 1. The Labute approximate surface area is 134 Å². The number of hydrogen-bond acceptors (Lipinski definition) is 3. The first-order chi connectivity index (χ1) is 9.00. The quantitative estimate of drug-likeness (QED) is 0.610. The number of anilines is 2. The fourth-order valence-electron chi connectivity index (χ4n) is 1.48. The van der Waals surface area contributed by atoms with E-state index in [0.29, 0.717) is 27.0 Å². The number of nitrogens with one attached hydrogen (secondary N) is 1. The van der Waals surface area contributed by atoms with Gasteiger partial charge in [-0.2, -0.15) is 0 Å². The molecule has 2 rings (SSSR count). The highest BCUT2D eigenvalue weighted by molar-refractivity contribution is 9.10. The van der Waals surface area contributed by atoms with Gasteiger partial charge in [0.15, 0.2) is 0 Å². The van der Waals surface area contributed by atoms with Gasteiger partial charge >= 0.3 is 0 Å². The van der Waals surface area contributed by atoms with Crippen LogP contribution in [0, 0.1) is 0 Å². The van der Waals surface area contributed by atoms with Crippen LogP contribution in [0.4, 0.5) is 11.4 Å². The first-order valence-electron chi connectivity index (χ1n) is 5.15. The molecule has 1 aromatic carbocycles. The third-order valence-electron chi connectivity index (χ3n) is 2.39. The molecule has 0 saturated carbocycles. The Balaban J connectivity index is 2.42. The van der Waals surface area contributed by atoms with E-state index in [2.05, 4.69) is 26.2 Å². The number of thiocarbonyl (C=S) groups is 1. The van der Waals surface area contributed by atoms with Crippen molar-refractivity contribution in [2.45, 2.75) is 0 Å². The molecule has 1 aromatic heterocycles. The molecule has 2 aromatic rings. The molecule has 0 unspecified atom stereocenters. The molecule has 0 aliphatic heterocycles. The molecule has 0 saturated heterocycles. The SMILES string of the molecule is NC(=S)c1ccncc1Nc1ccc(Br)c(Cl)c1Cl. The summed E-state index contributed by atoms with van der Waals surface area (Å²) >= 11 is 20.5. The topological polar surface area (TPSA) is 50.9 Å². The molecule has 98 valence electrons. The van der Waals surface area contributed by atoms with Crippen LogP contribution in [0.25, 0.3) is 0 Å². The van der Waals surface area contributed by atoms with Crippen molar-refractivity contribution in [3.05, 3.63) is 50.7 Å². The third kappa shape index (κ3) is 3.17. The number of benzene rings is 1. The van der Waals surface area contributed by atoms with Crippen molar-refractivity contribution in [3.8, 4) is 0 Å². The van der Waals surface area contributed by atoms with Crippen molar-refractivity contribution in [2.24, 2.45) is 5.73 Å². The lowest BCUT2D eigenvalue weighted by Crippen LogP contribution is -2.12. The molecule has 0 radical (unpaired) electrons. The summed E-state index contributed by atoms with van der Waals surface area (Å²) in [5.74, 6) is 0. The minimum Gasteiger partial charge on any atom is -0.389 e. The van der Waals surface area contributed by atoms with E-state index in [1.54, 1.807) is 30.6 Å². The maximum Gasteiger partial charge on any atom is 0.106 e. The molecule has 0 spiro atoms. The molecule has 3 N–H and O–H groups in total. The molecule has 3 nitrogen and oxygen atoms in total. The van der Waals surface area contributed by atoms with Crippen LogP contribution < -0.4 is 11.1 Å². The van der Waals surface area contributed by atoms with E-state index >= 15 is 0 Å². The van der Waals surface area contributed by atoms with Crippen molar-refractivity contribution in [1.29, 1.82) is 0 Å². The Morgan fingerprint density at radius 3 is 2.63 bits per heavy atom. The zero-order valence-corrected chi connectivity index (χ0v) is 13.4. The van der Waals surface area contributed by atoms with Crippen LogP contribution in [-0.2, 0) is 0 Å². The van der Waals surface area contributed by atoms with Gasteiger partial charge in [-0.1, -0.05) is 35.4 Å². The lowest BCUT2D eigenvalue weighted by Gasteiger charge is -2.13. The summed E-state index contributed by atoms with van der Waals surface area (Å²) in [7, 11) is 0. The standard InChI is InChI=1S/C12H8BrCl2N3S/c13-7-1-2-8(11(15)10(7)14)18-9-5-17-4-3-6(9)12(16)19/h1-5,18H,(H2,16,19). The maximum atomic E-state index is 6.17. The van der Waals surface area contributed by atoms with Crippen LogP contribution in [0.15, 0.2) is 35.1 Å². The van der Waals surface area contributed by atoms with Gasteiger partial charge in [0.1, 0.15) is 4.99 Å². The molecular formula is C12H8BrCl2N3S. The highest BCUT2D eigenvalue weighted by atomic mass is 79.9. The summed E-state index contributed by atoms with van der Waals surface area (Å²) in [5, 5.41) is 3.97. The van der Waals surface area contributed by atoms with Gasteiger partial charge in [-0.15, -0.1) is 0 Å². The largest absolute Gasteiger partial charge is 0.389 e. The summed E-state index contributed by atoms with van der Waals surface area (Å²) in [6.45, 7) is 0. The number of halogens is 3. The number of rotatable bonds is 3. The molecule has 0 aliphatic rings. The predicted octanol–water partition coefficient (Wildman–Crippen LogP) is 4.53. The second-order valence-electron chi connectivity index (χ2n) is 3.63. The molecule has 0 fully saturated rings. The van der Waals surface area contributed by atoms with Gasteiger partial charge in [0.2, 0.25) is 0 Å². The smallest absolute Gasteiger partial charge is 0.106 e. The molecule has 0 amide bonds. The van der Waals surface area contributed by atoms with Crippen molar-refractivity contribution < 1.29 is 0 Å². The van der Waals surface area contributed by atoms with E-state index in [1.165, 1.54) is 0 Å². The first-order valence-corrected chi connectivity index (χ1v) is 7.10. The molecule has 0 bridgehead atoms. The van der Waals surface area contributed by atoms with Gasteiger partial charge in [0.25, 0.3) is 0 Å². The van der Waals surface area contributed by atoms with Gasteiger partial charge in [-0.3, -0.25) is 4.98 Å². The average Bonchev–Trinajstić information content (AvgIpc) is 2.40. The lowest BCUT2D eigenvalue weighted by molar-refractivity contribution is 1.31. The van der Waals surface area contributed by atoms with Gasteiger partial charge in [-0.25, -0.2) is 0 Å². The van der Waals surface area contributed by atoms with E-state index in [-0.39, 0.29) is 4.99 Å². The maximum absolute atomic E-state index is 6.17. The fraction of sp³-hybridized carbons (Fsp3) is 0. The third-order valence-corrected chi connectivity index (χ3v) is 4.38. The Hall–Kier alpha value is -0.880. The van der Waals surface area contributed by atoms with Crippen molar-refractivity contribution in [2.75, 3.05) is 5.32 Å². The molecular weight excluding hydrogens is 369 g/mol. The molecule has 1 heterocycles. The Morgan fingerprint density at radius 2 is 1.95 bits per heavy atom. The lowest BCUT2D eigenvalue weighted by atomic mass is 10.2. The number of aromatic nitrogens is 1. The number of nitrogens with zero attached hydrogens (tertiary/aromatic N) is 1. The molecule has 19 heavy (non-hydrogen) atoms. The fourth-order valence-corrected chi connectivity index (χ4v) is 2.48. The van der Waals surface area contributed by atoms with Gasteiger partial charge in [0.05, 0.1) is 27.6 Å². The van der Waals surface area contributed by atoms with E-state index in [0.717, 1.165) is 4.47 Å². The van der Waals surface area contributed by atoms with Crippen LogP contribution in [0.5, 0.6) is 0 Å². The summed E-state index contributed by atoms with van der Waals surface area (Å²) < 4.78 is 0.727. The summed E-state index contributed by atoms with van der Waals surface area (Å²) in [5.41, 5.74) is 7.68. The number of pyridine rings is 1. The van der Waals surface area contributed by atoms with Crippen LogP contribution in [0.1, 0.15) is 5.56 Å². The van der Waals surface area contributed by atoms with Gasteiger partial charge in [0, 0.05) is 16.2 Å². The summed E-state index contributed by atoms with van der Waals surface area (Å²) in [6, 6.07) is 5.33. The molecule has 0 aliphatic carbocycles. The first kappa shape index (κ1) is 14.5. The zero-order valence-electron chi connectivity index (χ0n) is 9.45. The number of hydrogen-bond donors (Lipinski definition) is 2. The van der Waals surface area contributed by atoms with Crippen LogP contribution in [0.3, 0.4) is 0 Å². The van der Waals surface area contributed by atoms with Crippen LogP contribution in [0.2, 0.25) is 10.0 Å². The highest BCUT2D eigenvalue weighted by Crippen LogP contribution is 2.37. The van der Waals surface area contributed by atoms with Crippen molar-refractivity contribution in [3.63, 3.8) is 0 Å². The monoisotopic (exact) mass is 375 g/mol. The Morgan fingerprint density at radius 1 is 1.21 bits per heavy atom. The summed E-state index contributed by atoms with van der Waals surface area (Å²) in [4.78, 5) is 4.31. The van der Waals surface area contributed by atoms with Crippen LogP contribution >= 0.6 is 51.3 Å². The van der Waals surface area contributed by atoms with Crippen molar-refractivity contribution in [1.82, 2.24) is 4.98 Å². The second-order valence-corrected chi connectivity index (χ2v) is 5.68. The molecule has 7 heteroatoms. The molecule has 0 atom stereocenters. The Bertz CT molecular complexity index is 649. The summed E-state index contributed by atoms with van der Waals surface area (Å²) in [6.07, 6.45) is 3.25. The van der Waals surface area contributed by atoms with Crippen molar-refractivity contribution >= 4 is 67.7 Å². The second kappa shape index (κ2) is 6.05. The highest BCUT2D eigenvalue weighted by Gasteiger charge is 2.11. The normalized spacial score (nSPS) is 10.3. The van der Waals surface area contributed by atoms with E-state index in [4.69, 9.17) is 41.2 Å². The Kier molecular flexibility index (Phi) is 4.62. The minimum absolute atomic E-state index is 0.282. The van der Waals surface area contributed by atoms with E-state index in [1.807, 2.05) is 0 Å². The van der Waals surface area contributed by atoms with Crippen LogP contribution in [-0.4, -0.2) is 9.97 Å². The van der Waals surface area contributed by atoms with E-state index < -0.39 is 0 Å².